The highest BCUT2D eigenvalue weighted by Crippen LogP contribution is 2.28. The van der Waals surface area contributed by atoms with Crippen molar-refractivity contribution < 1.29 is 17.6 Å². The van der Waals surface area contributed by atoms with Gasteiger partial charge in [0.05, 0.1) is 6.04 Å². The first-order chi connectivity index (χ1) is 8.52. The van der Waals surface area contributed by atoms with Crippen LogP contribution in [0.5, 0.6) is 0 Å². The van der Waals surface area contributed by atoms with E-state index in [9.17, 15) is 13.2 Å². The van der Waals surface area contributed by atoms with Gasteiger partial charge in [0.15, 0.2) is 16.3 Å². The normalized spacial score (nSPS) is 12.7. The summed E-state index contributed by atoms with van der Waals surface area (Å²) >= 11 is 3.12. The molecule has 0 saturated carbocycles. The smallest absolute Gasteiger partial charge is 0.169 e. The van der Waals surface area contributed by atoms with Crippen molar-refractivity contribution in [1.82, 2.24) is 5.32 Å². The molecule has 0 saturated heterocycles. The highest BCUT2D eigenvalue weighted by Gasteiger charge is 2.21. The molecule has 1 unspecified atom stereocenters. The molecule has 1 aromatic carbocycles. The molecule has 1 heterocycles. The van der Waals surface area contributed by atoms with E-state index in [1.54, 1.807) is 19.2 Å². The van der Waals surface area contributed by atoms with E-state index in [1.165, 1.54) is 0 Å². The molecule has 96 valence electrons. The van der Waals surface area contributed by atoms with Crippen molar-refractivity contribution in [2.24, 2.45) is 0 Å². The second-order valence-electron chi connectivity index (χ2n) is 3.65. The van der Waals surface area contributed by atoms with E-state index < -0.39 is 23.5 Å². The number of benzene rings is 1. The lowest BCUT2D eigenvalue weighted by Gasteiger charge is -2.15. The van der Waals surface area contributed by atoms with Gasteiger partial charge in [-0.1, -0.05) is 0 Å². The van der Waals surface area contributed by atoms with Crippen LogP contribution < -0.4 is 5.32 Å². The van der Waals surface area contributed by atoms with Crippen LogP contribution in [-0.2, 0) is 0 Å². The van der Waals surface area contributed by atoms with Crippen molar-refractivity contribution in [2.75, 3.05) is 7.05 Å². The van der Waals surface area contributed by atoms with Crippen molar-refractivity contribution in [3.05, 3.63) is 57.7 Å². The first kappa shape index (κ1) is 13.2. The molecule has 0 fully saturated rings. The average Bonchev–Trinajstić information content (AvgIpc) is 2.73. The summed E-state index contributed by atoms with van der Waals surface area (Å²) in [5.74, 6) is -2.75. The Morgan fingerprint density at radius 3 is 2.33 bits per heavy atom. The summed E-state index contributed by atoms with van der Waals surface area (Å²) in [6.07, 6.45) is 0. The molecular formula is C12H9BrF3NO. The van der Waals surface area contributed by atoms with Gasteiger partial charge in [-0.2, -0.15) is 0 Å². The standard InChI is InChI=1S/C12H9BrF3NO/c1-17-12(10-2-3-11(13)18-10)6-4-8(15)9(16)5-7(6)14/h2-5,12,17H,1H3. The van der Waals surface area contributed by atoms with Crippen LogP contribution in [0.2, 0.25) is 0 Å². The quantitative estimate of drug-likeness (QED) is 0.871. The van der Waals surface area contributed by atoms with E-state index in [4.69, 9.17) is 4.42 Å². The summed E-state index contributed by atoms with van der Waals surface area (Å²) in [5, 5.41) is 2.79. The van der Waals surface area contributed by atoms with Gasteiger partial charge in [0, 0.05) is 11.6 Å². The van der Waals surface area contributed by atoms with E-state index in [2.05, 4.69) is 21.2 Å². The summed E-state index contributed by atoms with van der Waals surface area (Å²) in [6, 6.07) is 3.91. The average molecular weight is 320 g/mol. The zero-order valence-corrected chi connectivity index (χ0v) is 10.9. The number of hydrogen-bond acceptors (Lipinski definition) is 2. The SMILES string of the molecule is CNC(c1ccc(Br)o1)c1cc(F)c(F)cc1F. The minimum Gasteiger partial charge on any atom is -0.452 e. The Hall–Kier alpha value is -1.27. The first-order valence-electron chi connectivity index (χ1n) is 5.10. The Morgan fingerprint density at radius 1 is 1.11 bits per heavy atom. The van der Waals surface area contributed by atoms with Crippen molar-refractivity contribution in [3.63, 3.8) is 0 Å². The third-order valence-electron chi connectivity index (χ3n) is 2.52. The number of rotatable bonds is 3. The van der Waals surface area contributed by atoms with Gasteiger partial charge in [0.25, 0.3) is 0 Å². The number of hydrogen-bond donors (Lipinski definition) is 1. The lowest BCUT2D eigenvalue weighted by Crippen LogP contribution is -2.19. The van der Waals surface area contributed by atoms with Crippen LogP contribution >= 0.6 is 15.9 Å². The Bertz CT molecular complexity index is 570. The number of furan rings is 1. The highest BCUT2D eigenvalue weighted by molar-refractivity contribution is 9.10. The van der Waals surface area contributed by atoms with Gasteiger partial charge in [-0.15, -0.1) is 0 Å². The van der Waals surface area contributed by atoms with Crippen LogP contribution in [-0.4, -0.2) is 7.05 Å². The predicted molar refractivity (Wildman–Crippen MR) is 63.6 cm³/mol. The first-order valence-corrected chi connectivity index (χ1v) is 5.89. The van der Waals surface area contributed by atoms with Crippen molar-refractivity contribution in [3.8, 4) is 0 Å². The minimum absolute atomic E-state index is 0.0155. The summed E-state index contributed by atoms with van der Waals surface area (Å²) in [4.78, 5) is 0. The van der Waals surface area contributed by atoms with Gasteiger partial charge in [0.2, 0.25) is 0 Å². The second-order valence-corrected chi connectivity index (χ2v) is 4.43. The van der Waals surface area contributed by atoms with Crippen LogP contribution in [0.3, 0.4) is 0 Å². The van der Waals surface area contributed by atoms with E-state index in [-0.39, 0.29) is 5.56 Å². The van der Waals surface area contributed by atoms with Crippen molar-refractivity contribution in [2.45, 2.75) is 6.04 Å². The molecule has 2 rings (SSSR count). The molecule has 1 atom stereocenters. The molecular weight excluding hydrogens is 311 g/mol. The largest absolute Gasteiger partial charge is 0.452 e. The van der Waals surface area contributed by atoms with Crippen LogP contribution in [0.1, 0.15) is 17.4 Å². The molecule has 0 aliphatic carbocycles. The molecule has 0 bridgehead atoms. The predicted octanol–water partition coefficient (Wildman–Crippen LogP) is 3.77. The maximum Gasteiger partial charge on any atom is 0.169 e. The number of halogens is 4. The fraction of sp³-hybridized carbons (Fsp3) is 0.167. The summed E-state index contributed by atoms with van der Waals surface area (Å²) in [6.45, 7) is 0. The Labute approximate surface area is 110 Å². The van der Waals surface area contributed by atoms with Crippen LogP contribution in [0.4, 0.5) is 13.2 Å². The maximum absolute atomic E-state index is 13.7. The van der Waals surface area contributed by atoms with Crippen LogP contribution in [0.25, 0.3) is 0 Å². The van der Waals surface area contributed by atoms with Crippen molar-refractivity contribution >= 4 is 15.9 Å². The van der Waals surface area contributed by atoms with E-state index >= 15 is 0 Å². The monoisotopic (exact) mass is 319 g/mol. The fourth-order valence-electron chi connectivity index (χ4n) is 1.69. The van der Waals surface area contributed by atoms with E-state index in [1.807, 2.05) is 0 Å². The molecule has 6 heteroatoms. The summed E-state index contributed by atoms with van der Waals surface area (Å²) in [7, 11) is 1.57. The second kappa shape index (κ2) is 5.16. The molecule has 0 aliphatic heterocycles. The molecule has 0 spiro atoms. The van der Waals surface area contributed by atoms with Gasteiger partial charge in [-0.25, -0.2) is 13.2 Å². The zero-order chi connectivity index (χ0) is 13.3. The molecule has 0 radical (unpaired) electrons. The molecule has 18 heavy (non-hydrogen) atoms. The number of nitrogens with one attached hydrogen (secondary N) is 1. The fourth-order valence-corrected chi connectivity index (χ4v) is 2.01. The molecule has 1 N–H and O–H groups in total. The van der Waals surface area contributed by atoms with Crippen LogP contribution in [0.15, 0.2) is 33.4 Å². The molecule has 1 aromatic heterocycles. The van der Waals surface area contributed by atoms with E-state index in [0.717, 1.165) is 6.07 Å². The lowest BCUT2D eigenvalue weighted by atomic mass is 10.0. The Balaban J connectivity index is 2.48. The molecule has 0 amide bonds. The topological polar surface area (TPSA) is 25.2 Å². The highest BCUT2D eigenvalue weighted by atomic mass is 79.9. The molecule has 0 aliphatic rings. The van der Waals surface area contributed by atoms with Gasteiger partial charge in [-0.3, -0.25) is 0 Å². The summed E-state index contributed by atoms with van der Waals surface area (Å²) in [5.41, 5.74) is -0.0155. The van der Waals surface area contributed by atoms with Crippen molar-refractivity contribution in [1.29, 1.82) is 0 Å². The zero-order valence-electron chi connectivity index (χ0n) is 9.31. The minimum atomic E-state index is -1.22. The van der Waals surface area contributed by atoms with Crippen LogP contribution in [0, 0.1) is 17.5 Å². The third kappa shape index (κ3) is 2.44. The van der Waals surface area contributed by atoms with Gasteiger partial charge in [-0.05, 0) is 41.2 Å². The van der Waals surface area contributed by atoms with Gasteiger partial charge < -0.3 is 9.73 Å². The Morgan fingerprint density at radius 2 is 1.78 bits per heavy atom. The third-order valence-corrected chi connectivity index (χ3v) is 2.94. The Kier molecular flexibility index (Phi) is 3.77. The maximum atomic E-state index is 13.7. The summed E-state index contributed by atoms with van der Waals surface area (Å²) < 4.78 is 45.5. The van der Waals surface area contributed by atoms with Gasteiger partial charge in [0.1, 0.15) is 11.6 Å². The molecule has 2 nitrogen and oxygen atoms in total. The van der Waals surface area contributed by atoms with E-state index in [0.29, 0.717) is 16.5 Å². The van der Waals surface area contributed by atoms with Gasteiger partial charge >= 0.3 is 0 Å². The lowest BCUT2D eigenvalue weighted by molar-refractivity contribution is 0.431. The molecule has 2 aromatic rings.